The summed E-state index contributed by atoms with van der Waals surface area (Å²) in [6, 6.07) is 10.4. The van der Waals surface area contributed by atoms with E-state index in [1.54, 1.807) is 0 Å². The molecule has 6 heteroatoms. The zero-order valence-electron chi connectivity index (χ0n) is 16.9. The van der Waals surface area contributed by atoms with E-state index < -0.39 is 0 Å². The molecule has 2 aliphatic heterocycles. The summed E-state index contributed by atoms with van der Waals surface area (Å²) in [5.41, 5.74) is 3.48. The van der Waals surface area contributed by atoms with Gasteiger partial charge in [0.25, 0.3) is 0 Å². The Morgan fingerprint density at radius 1 is 1.04 bits per heavy atom. The monoisotopic (exact) mass is 382 g/mol. The van der Waals surface area contributed by atoms with Gasteiger partial charge in [-0.25, -0.2) is 0 Å². The minimum Gasteiger partial charge on any atom is -0.854 e. The van der Waals surface area contributed by atoms with Crippen LogP contribution in [0, 0.1) is 11.8 Å². The fourth-order valence-corrected chi connectivity index (χ4v) is 4.70. The number of likely N-dealkylation sites (tertiary alicyclic amines) is 1. The van der Waals surface area contributed by atoms with Crippen molar-refractivity contribution >= 4 is 0 Å². The quantitative estimate of drug-likeness (QED) is 0.811. The average molecular weight is 383 g/mol. The Kier molecular flexibility index (Phi) is 6.42. The molecule has 2 fully saturated rings. The fraction of sp³-hybridized carbons (Fsp3) is 0.591. The van der Waals surface area contributed by atoms with Crippen LogP contribution in [-0.2, 0) is 6.54 Å². The molecule has 0 amide bonds. The molecular weight excluding hydrogens is 350 g/mol. The van der Waals surface area contributed by atoms with Gasteiger partial charge in [-0.3, -0.25) is 10.00 Å². The number of aromatic amines is 1. The molecule has 0 radical (unpaired) electrons. The number of nitrogens with one attached hydrogen (secondary N) is 1. The molecule has 6 nitrogen and oxygen atoms in total. The van der Waals surface area contributed by atoms with Crippen LogP contribution < -0.4 is 5.11 Å². The van der Waals surface area contributed by atoms with Crippen LogP contribution in [0.2, 0.25) is 0 Å². The lowest BCUT2D eigenvalue weighted by Gasteiger charge is -2.28. The summed E-state index contributed by atoms with van der Waals surface area (Å²) in [4.78, 5) is 7.44. The number of H-pyrrole nitrogens is 1. The van der Waals surface area contributed by atoms with Crippen LogP contribution in [0.15, 0.2) is 36.5 Å². The number of aromatic nitrogens is 2. The molecule has 1 aromatic carbocycles. The molecule has 4 rings (SSSR count). The highest BCUT2D eigenvalue weighted by Crippen LogP contribution is 2.28. The van der Waals surface area contributed by atoms with E-state index in [0.717, 1.165) is 51.5 Å². The molecule has 2 aliphatic rings. The van der Waals surface area contributed by atoms with Crippen molar-refractivity contribution in [1.82, 2.24) is 24.9 Å². The highest BCUT2D eigenvalue weighted by atomic mass is 16.3. The van der Waals surface area contributed by atoms with E-state index in [1.165, 1.54) is 24.1 Å². The van der Waals surface area contributed by atoms with Crippen LogP contribution in [0.4, 0.5) is 0 Å². The van der Waals surface area contributed by atoms with Crippen LogP contribution in [0.5, 0.6) is 0 Å². The van der Waals surface area contributed by atoms with Crippen LogP contribution in [0.1, 0.15) is 12.0 Å². The summed E-state index contributed by atoms with van der Waals surface area (Å²) >= 11 is 0. The minimum absolute atomic E-state index is 0.0336. The highest BCUT2D eigenvalue weighted by molar-refractivity contribution is 5.62. The molecule has 2 unspecified atom stereocenters. The Morgan fingerprint density at radius 3 is 2.68 bits per heavy atom. The summed E-state index contributed by atoms with van der Waals surface area (Å²) in [5.74, 6) is 0.737. The fourth-order valence-electron chi connectivity index (χ4n) is 4.70. The predicted molar refractivity (Wildman–Crippen MR) is 110 cm³/mol. The summed E-state index contributed by atoms with van der Waals surface area (Å²) in [5, 5.41) is 19.3. The Balaban J connectivity index is 1.39. The largest absolute Gasteiger partial charge is 0.854 e. The van der Waals surface area contributed by atoms with Crippen LogP contribution in [0.3, 0.4) is 0 Å². The van der Waals surface area contributed by atoms with Gasteiger partial charge in [-0.1, -0.05) is 30.3 Å². The van der Waals surface area contributed by atoms with Gasteiger partial charge in [0.15, 0.2) is 0 Å². The smallest absolute Gasteiger partial charge is 0.0695 e. The molecule has 28 heavy (non-hydrogen) atoms. The van der Waals surface area contributed by atoms with Gasteiger partial charge in [0, 0.05) is 44.8 Å². The SMILES string of the molecule is CN1CCCN(CC2CN(Cc3cn[nH]c3-c3ccccc3)CC2C[O-])CC1. The highest BCUT2D eigenvalue weighted by Gasteiger charge is 2.32. The Bertz CT molecular complexity index is 734. The molecule has 0 saturated carbocycles. The number of nitrogens with zero attached hydrogens (tertiary/aromatic N) is 4. The third-order valence-corrected chi connectivity index (χ3v) is 6.35. The molecule has 0 aliphatic carbocycles. The van der Waals surface area contributed by atoms with Gasteiger partial charge in [0.2, 0.25) is 0 Å². The van der Waals surface area contributed by atoms with E-state index in [9.17, 15) is 5.11 Å². The first-order chi connectivity index (χ1) is 13.7. The van der Waals surface area contributed by atoms with Crippen molar-refractivity contribution in [2.24, 2.45) is 11.8 Å². The third kappa shape index (κ3) is 4.63. The number of rotatable bonds is 6. The van der Waals surface area contributed by atoms with Gasteiger partial charge in [0.05, 0.1) is 11.9 Å². The molecule has 3 heterocycles. The first-order valence-electron chi connectivity index (χ1n) is 10.5. The Morgan fingerprint density at radius 2 is 1.86 bits per heavy atom. The zero-order chi connectivity index (χ0) is 19.3. The van der Waals surface area contributed by atoms with Gasteiger partial charge in [-0.15, -0.1) is 6.61 Å². The normalized spacial score (nSPS) is 25.2. The summed E-state index contributed by atoms with van der Waals surface area (Å²) in [6.07, 6.45) is 3.16. The van der Waals surface area contributed by atoms with Crippen molar-refractivity contribution in [1.29, 1.82) is 0 Å². The van der Waals surface area contributed by atoms with E-state index in [2.05, 4.69) is 56.2 Å². The molecule has 0 spiro atoms. The summed E-state index contributed by atoms with van der Waals surface area (Å²) < 4.78 is 0. The molecule has 2 aromatic rings. The van der Waals surface area contributed by atoms with Gasteiger partial charge in [-0.2, -0.15) is 5.10 Å². The molecule has 0 bridgehead atoms. The van der Waals surface area contributed by atoms with E-state index in [1.807, 2.05) is 12.3 Å². The number of hydrogen-bond acceptors (Lipinski definition) is 5. The number of hydrogen-bond donors (Lipinski definition) is 1. The van der Waals surface area contributed by atoms with Crippen molar-refractivity contribution in [3.63, 3.8) is 0 Å². The molecule has 1 aromatic heterocycles. The van der Waals surface area contributed by atoms with Crippen molar-refractivity contribution < 1.29 is 5.11 Å². The maximum absolute atomic E-state index is 11.9. The topological polar surface area (TPSA) is 61.5 Å². The van der Waals surface area contributed by atoms with Crippen LogP contribution in [-0.4, -0.2) is 84.4 Å². The Hall–Kier alpha value is -1.73. The molecule has 1 N–H and O–H groups in total. The maximum Gasteiger partial charge on any atom is 0.0695 e. The number of likely N-dealkylation sites (N-methyl/N-ethyl adjacent to an activating group) is 1. The second-order valence-corrected chi connectivity index (χ2v) is 8.47. The van der Waals surface area contributed by atoms with Crippen molar-refractivity contribution in [2.75, 3.05) is 59.5 Å². The van der Waals surface area contributed by atoms with E-state index in [4.69, 9.17) is 0 Å². The first kappa shape index (κ1) is 19.6. The lowest BCUT2D eigenvalue weighted by atomic mass is 9.96. The van der Waals surface area contributed by atoms with Crippen molar-refractivity contribution in [3.8, 4) is 11.3 Å². The van der Waals surface area contributed by atoms with Gasteiger partial charge in [-0.05, 0) is 44.0 Å². The summed E-state index contributed by atoms with van der Waals surface area (Å²) in [6.45, 7) is 8.47. The minimum atomic E-state index is 0.0336. The molecule has 2 atom stereocenters. The predicted octanol–water partition coefficient (Wildman–Crippen LogP) is 1.12. The standard InChI is InChI=1S/C22H32N5O/c1-25-8-5-9-26(11-10-25)14-20-15-27(16-21(20)17-28)13-19-12-23-24-22(19)18-6-3-2-4-7-18/h2-4,6-7,12,20-21H,5,8-11,13-17H2,1H3,(H,23,24)/q-1. The second kappa shape index (κ2) is 9.18. The van der Waals surface area contributed by atoms with E-state index in [-0.39, 0.29) is 12.5 Å². The van der Waals surface area contributed by atoms with Crippen molar-refractivity contribution in [3.05, 3.63) is 42.1 Å². The number of benzene rings is 1. The zero-order valence-corrected chi connectivity index (χ0v) is 16.9. The lowest BCUT2D eigenvalue weighted by Crippen LogP contribution is -2.37. The molecular formula is C22H32N5O-. The van der Waals surface area contributed by atoms with Crippen LogP contribution >= 0.6 is 0 Å². The Labute approximate surface area is 168 Å². The van der Waals surface area contributed by atoms with Crippen LogP contribution in [0.25, 0.3) is 11.3 Å². The molecule has 152 valence electrons. The van der Waals surface area contributed by atoms with E-state index >= 15 is 0 Å². The average Bonchev–Trinajstić information content (AvgIpc) is 3.27. The van der Waals surface area contributed by atoms with Crippen molar-refractivity contribution in [2.45, 2.75) is 13.0 Å². The lowest BCUT2D eigenvalue weighted by molar-refractivity contribution is -0.380. The molecule has 2 saturated heterocycles. The van der Waals surface area contributed by atoms with E-state index in [0.29, 0.717) is 5.92 Å². The first-order valence-corrected chi connectivity index (χ1v) is 10.5. The second-order valence-electron chi connectivity index (χ2n) is 8.47. The third-order valence-electron chi connectivity index (χ3n) is 6.35. The maximum atomic E-state index is 11.9. The summed E-state index contributed by atoms with van der Waals surface area (Å²) in [7, 11) is 2.20. The van der Waals surface area contributed by atoms with Gasteiger partial charge < -0.3 is 14.9 Å². The van der Waals surface area contributed by atoms with Gasteiger partial charge in [0.1, 0.15) is 0 Å². The van der Waals surface area contributed by atoms with Gasteiger partial charge >= 0.3 is 0 Å².